The molecular weight excluding hydrogens is 1070 g/mol. The molecule has 2 aromatic heterocycles. The Hall–Kier alpha value is -5.96. The number of alkyl carbamates (subject to hydrolysis) is 1. The highest BCUT2D eigenvalue weighted by Gasteiger charge is 2.49. The first-order valence-corrected chi connectivity index (χ1v) is 28.7. The summed E-state index contributed by atoms with van der Waals surface area (Å²) in [6, 6.07) is 15.3. The molecule has 7 rings (SSSR count). The van der Waals surface area contributed by atoms with Crippen LogP contribution in [0, 0.1) is 13.8 Å². The molecule has 1 aliphatic carbocycles. The lowest BCUT2D eigenvalue weighted by Gasteiger charge is -2.22. The number of hydrogen-bond acceptors (Lipinski definition) is 19. The van der Waals surface area contributed by atoms with Gasteiger partial charge in [0.1, 0.15) is 23.6 Å². The largest absolute Gasteiger partial charge is 0.488 e. The number of aromatic nitrogens is 4. The van der Waals surface area contributed by atoms with Crippen LogP contribution in [0.1, 0.15) is 54.4 Å². The van der Waals surface area contributed by atoms with Crippen LogP contribution in [0.2, 0.25) is 0 Å². The van der Waals surface area contributed by atoms with Gasteiger partial charge in [-0.1, -0.05) is 18.2 Å². The van der Waals surface area contributed by atoms with E-state index in [-0.39, 0.29) is 55.5 Å². The smallest absolute Gasteiger partial charge is 0.456 e. The topological polar surface area (TPSA) is 387 Å². The van der Waals surface area contributed by atoms with Gasteiger partial charge in [0.15, 0.2) is 23.5 Å². The third kappa shape index (κ3) is 13.7. The van der Waals surface area contributed by atoms with E-state index in [0.29, 0.717) is 35.6 Å². The van der Waals surface area contributed by atoms with Crippen LogP contribution in [-0.4, -0.2) is 132 Å². The maximum atomic E-state index is 14.3. The summed E-state index contributed by atoms with van der Waals surface area (Å²) in [5.41, 5.74) is 10.8. The molecule has 2 unspecified atom stereocenters. The average Bonchev–Trinajstić information content (AvgIpc) is 3.88. The fourth-order valence-electron chi connectivity index (χ4n) is 8.32. The number of phosphoric ester groups is 1. The number of fused-ring (bicyclic) bond motifs is 3. The van der Waals surface area contributed by atoms with Crippen LogP contribution < -0.4 is 32.6 Å². The number of nitrogens with zero attached hydrogens (tertiary/aromatic N) is 5. The van der Waals surface area contributed by atoms with E-state index in [0.717, 1.165) is 49.6 Å². The lowest BCUT2D eigenvalue weighted by molar-refractivity contribution is -0.121. The maximum absolute atomic E-state index is 14.3. The van der Waals surface area contributed by atoms with Crippen LogP contribution in [0.4, 0.5) is 16.4 Å². The molecule has 0 bridgehead atoms. The van der Waals surface area contributed by atoms with Gasteiger partial charge in [0.25, 0.3) is 11.5 Å². The van der Waals surface area contributed by atoms with Crippen molar-refractivity contribution in [3.8, 4) is 22.5 Å². The molecule has 0 radical (unpaired) electrons. The van der Waals surface area contributed by atoms with E-state index in [1.165, 1.54) is 4.90 Å². The number of anilines is 2. The fourth-order valence-corrected chi connectivity index (χ4v) is 12.1. The van der Waals surface area contributed by atoms with E-state index in [2.05, 4.69) is 62.4 Å². The van der Waals surface area contributed by atoms with Crippen LogP contribution in [0.5, 0.6) is 0 Å². The van der Waals surface area contributed by atoms with Gasteiger partial charge in [-0.05, 0) is 80.8 Å². The van der Waals surface area contributed by atoms with Gasteiger partial charge in [-0.3, -0.25) is 33.5 Å². The van der Waals surface area contributed by atoms with Crippen molar-refractivity contribution in [3.05, 3.63) is 87.3 Å². The second kappa shape index (κ2) is 23.5. The molecular formula is C44H55N10O17P3S. The molecule has 31 heteroatoms. The third-order valence-corrected chi connectivity index (χ3v) is 16.0. The predicted molar refractivity (Wildman–Crippen MR) is 274 cm³/mol. The van der Waals surface area contributed by atoms with E-state index in [1.54, 1.807) is 19.2 Å². The molecule has 2 aromatic carbocycles. The summed E-state index contributed by atoms with van der Waals surface area (Å²) in [6.45, 7) is 3.19. The number of aliphatic hydroxyl groups excluding tert-OH is 1. The number of ether oxygens (including phenoxy) is 2. The zero-order chi connectivity index (χ0) is 54.6. The van der Waals surface area contributed by atoms with Crippen molar-refractivity contribution >= 4 is 85.8 Å². The molecule has 75 heavy (non-hydrogen) atoms. The number of phosphoric acid groups is 2. The Bertz CT molecular complexity index is 3390. The first-order valence-electron chi connectivity index (χ1n) is 23.1. The second-order valence-electron chi connectivity index (χ2n) is 17.0. The van der Waals surface area contributed by atoms with Gasteiger partial charge in [0, 0.05) is 86.1 Å². The minimum Gasteiger partial charge on any atom is -0.456 e. The molecule has 2 aliphatic heterocycles. The molecule has 404 valence electrons. The molecule has 3 amide bonds. The summed E-state index contributed by atoms with van der Waals surface area (Å²) >= 11 is 4.09. The summed E-state index contributed by atoms with van der Waals surface area (Å²) in [5, 5.41) is 21.4. The Labute approximate surface area is 431 Å². The number of nitrogens with two attached hydrogens (primary N) is 1. The van der Waals surface area contributed by atoms with E-state index in [4.69, 9.17) is 24.1 Å². The summed E-state index contributed by atoms with van der Waals surface area (Å²) in [4.78, 5) is 107. The normalized spacial score (nSPS) is 18.7. The number of imidazole rings is 1. The molecule has 0 spiro atoms. The third-order valence-electron chi connectivity index (χ3n) is 11.6. The van der Waals surface area contributed by atoms with Crippen LogP contribution in [0.25, 0.3) is 44.6 Å². The number of nitrogens with one attached hydrogen (secondary N) is 4. The van der Waals surface area contributed by atoms with Crippen LogP contribution >= 0.6 is 22.4 Å². The van der Waals surface area contributed by atoms with Crippen molar-refractivity contribution < 1.29 is 75.2 Å². The van der Waals surface area contributed by atoms with Crippen molar-refractivity contribution in [2.24, 2.45) is 4.99 Å². The number of amides is 3. The minimum absolute atomic E-state index is 0.00690. The zero-order valence-electron chi connectivity index (χ0n) is 40.9. The van der Waals surface area contributed by atoms with Gasteiger partial charge >= 0.3 is 28.5 Å². The molecule has 4 aromatic rings. The zero-order valence-corrected chi connectivity index (χ0v) is 44.4. The van der Waals surface area contributed by atoms with Crippen molar-refractivity contribution in [1.82, 2.24) is 35.1 Å². The Kier molecular flexibility index (Phi) is 17.8. The number of carbonyl (C=O) groups is 3. The predicted octanol–water partition coefficient (Wildman–Crippen LogP) is 3.67. The maximum Gasteiger partial charge on any atom is 0.488 e. The van der Waals surface area contributed by atoms with E-state index < -0.39 is 71.1 Å². The van der Waals surface area contributed by atoms with Crippen LogP contribution in [0.3, 0.4) is 0 Å². The summed E-state index contributed by atoms with van der Waals surface area (Å²) < 4.78 is 56.1. The number of hydrogen-bond donors (Lipinski definition) is 10. The van der Waals surface area contributed by atoms with Crippen LogP contribution in [-0.2, 0) is 48.4 Å². The summed E-state index contributed by atoms with van der Waals surface area (Å²) in [6.07, 6.45) is -6.72. The van der Waals surface area contributed by atoms with E-state index in [1.807, 2.05) is 58.0 Å². The summed E-state index contributed by atoms with van der Waals surface area (Å²) in [5.74, 6) is -0.393. The van der Waals surface area contributed by atoms with Crippen LogP contribution in [0.15, 0.2) is 69.1 Å². The lowest BCUT2D eigenvalue weighted by atomic mass is 9.89. The number of aliphatic hydroxyl groups is 1. The Morgan fingerprint density at radius 1 is 1.00 bits per heavy atom. The molecule has 4 heterocycles. The van der Waals surface area contributed by atoms with Gasteiger partial charge in [0.05, 0.1) is 18.3 Å². The first kappa shape index (κ1) is 56.8. The highest BCUT2D eigenvalue weighted by atomic mass is 32.5. The Morgan fingerprint density at radius 3 is 2.45 bits per heavy atom. The number of nitrogen functional groups attached to an aromatic ring is 1. The SMILES string of the molecule is CCN=c1cc2oc3cc(NCC)c(C)cc3c(-c3ccccc3C(=O)N(C)CCCC(=O)NCCNC(=O)O[C@H]3[C@@H](O)[C@H](n4cnc5c(=O)[nH]c(N)nc54)O[C@@H]3COP(=O)(O)OP(=O)(O)OP(O)(O)=S)c-2cc1C. The molecule has 3 aliphatic rings. The number of aromatic amines is 1. The number of H-pyrrole nitrogens is 1. The molecule has 0 saturated carbocycles. The van der Waals surface area contributed by atoms with Crippen molar-refractivity contribution in [2.75, 3.05) is 57.4 Å². The number of carbonyl (C=O) groups excluding carboxylic acids is 3. The Balaban J connectivity index is 0.965. The second-order valence-corrected chi connectivity index (χ2v) is 22.9. The highest BCUT2D eigenvalue weighted by Crippen LogP contribution is 2.66. The first-order chi connectivity index (χ1) is 35.4. The quantitative estimate of drug-likeness (QED) is 0.0279. The molecule has 11 N–H and O–H groups in total. The monoisotopic (exact) mass is 1120 g/mol. The van der Waals surface area contributed by atoms with Gasteiger partial charge in [-0.2, -0.15) is 9.29 Å². The van der Waals surface area contributed by atoms with Crippen molar-refractivity contribution in [3.63, 3.8) is 0 Å². The Morgan fingerprint density at radius 2 is 1.73 bits per heavy atom. The molecule has 6 atom stereocenters. The molecule has 1 saturated heterocycles. The summed E-state index contributed by atoms with van der Waals surface area (Å²) in [7, 11) is -9.70. The van der Waals surface area contributed by atoms with E-state index in [9.17, 15) is 53.0 Å². The van der Waals surface area contributed by atoms with Crippen molar-refractivity contribution in [2.45, 2.75) is 65.1 Å². The van der Waals surface area contributed by atoms with Crippen molar-refractivity contribution in [1.29, 1.82) is 0 Å². The fraction of sp³-hybridized carbons (Fsp3) is 0.386. The van der Waals surface area contributed by atoms with Gasteiger partial charge in [0.2, 0.25) is 11.9 Å². The highest BCUT2D eigenvalue weighted by molar-refractivity contribution is 8.08. The van der Waals surface area contributed by atoms with E-state index >= 15 is 0 Å². The standard InChI is InChI=1S/C44H55N10O17P3S/c1-6-46-29-19-31-27(17-23(29)3)35(28-18-24(4)30(47-7-2)20-32(28)67-31)25-11-8-9-12-26(25)41(58)53(5)16-10-13-34(55)48-14-15-49-44(59)69-38-33(21-66-72(60,61)70-73(62,63)71-74(64,65)75)68-42(37(38)56)54-22-50-36-39(54)51-43(45)52-40(36)57/h8-9,11-12,17-20,22,33,37-38,42,46,56H,6-7,10,13-16,21H2,1-5H3,(H,48,55)(H,49,59)(H,60,61)(H,62,63)(H2,64,65,75)(H3,45,51,52,57)/t33-,37-,38-,42-/m1/s1. The van der Waals surface area contributed by atoms with Gasteiger partial charge < -0.3 is 65.2 Å². The number of aryl methyl sites for hydroxylation is 2. The minimum atomic E-state index is -5.71. The van der Waals surface area contributed by atoms with Gasteiger partial charge in [-0.15, -0.1) is 0 Å². The van der Waals surface area contributed by atoms with Gasteiger partial charge in [-0.25, -0.2) is 23.2 Å². The lowest BCUT2D eigenvalue weighted by Crippen LogP contribution is -2.42. The molecule has 1 fully saturated rings. The average molecular weight is 1120 g/mol. The number of benzene rings is 3. The number of rotatable bonds is 21. The molecule has 27 nitrogen and oxygen atoms in total.